The van der Waals surface area contributed by atoms with Gasteiger partial charge in [-0.05, 0) is 0 Å². The SMILES string of the molecule is [CH]=O.[CH]=O.[CH]=O.[CH]=O.[CH]=O.[CH]=O.[CH]=O.[CH]=O.[CH]=O.[CH]=O.[CH]=O.[CH]=O.[CH]=O.[CH]=O.[CH]=O.[CH]=O.[CH]=O.[CH]=O.[CH]=O.[CH]=O.[CH]=O.[CH]=O.[CH]=O.[CH]=O.[CH]=O.[CH]=O.[CH]=O.[CH]=O.[CH]=O.[CH]=O.[CH]=O.[CH]=O.[CH]=O.[CH]=O.[CH]=O.[CH]=O.[Ru].[Ru].[Ru]. The van der Waals surface area contributed by atoms with Crippen molar-refractivity contribution in [1.82, 2.24) is 0 Å². The summed E-state index contributed by atoms with van der Waals surface area (Å²) in [5, 5.41) is 0. The molecule has 0 N–H and O–H groups in total. The molecule has 0 aliphatic rings. The van der Waals surface area contributed by atoms with Gasteiger partial charge in [-0.1, -0.05) is 0 Å². The Hall–Kier alpha value is -10.0. The summed E-state index contributed by atoms with van der Waals surface area (Å²) in [6, 6.07) is 0. The molecule has 36 nitrogen and oxygen atoms in total. The van der Waals surface area contributed by atoms with Gasteiger partial charge in [0.05, 0.1) is 0 Å². The van der Waals surface area contributed by atoms with Crippen LogP contribution in [0.5, 0.6) is 0 Å². The van der Waals surface area contributed by atoms with Crippen LogP contribution in [0, 0.1) is 0 Å². The van der Waals surface area contributed by atoms with Crippen molar-refractivity contribution in [3.63, 3.8) is 0 Å². The van der Waals surface area contributed by atoms with Crippen LogP contribution in [-0.4, -0.2) is 244 Å². The summed E-state index contributed by atoms with van der Waals surface area (Å²) in [5.74, 6) is 0. The van der Waals surface area contributed by atoms with Gasteiger partial charge in [0.2, 0.25) is 0 Å². The van der Waals surface area contributed by atoms with Gasteiger partial charge in [0, 0.05) is 58.4 Å². The van der Waals surface area contributed by atoms with Gasteiger partial charge < -0.3 is 0 Å². The molecule has 0 bridgehead atoms. The predicted molar refractivity (Wildman–Crippen MR) is 243 cm³/mol. The van der Waals surface area contributed by atoms with Crippen molar-refractivity contribution in [2.75, 3.05) is 0 Å². The average molecular weight is 1350 g/mol. The number of hydrogen-bond acceptors (Lipinski definition) is 36. The molecule has 0 rings (SSSR count). The molecule has 0 saturated carbocycles. The maximum Gasteiger partial charge on any atom is 0.182 e. The standard InChI is InChI=1S/36CHO.3Ru/c36*1-2;;;/h36*1H;;;. The molecule has 0 aromatic rings. The summed E-state index contributed by atoms with van der Waals surface area (Å²) in [6.45, 7) is 117. The monoisotopic (exact) mass is 1350 g/mol. The van der Waals surface area contributed by atoms with Crippen LogP contribution in [0.15, 0.2) is 0 Å². The molecule has 0 aromatic heterocycles. The fraction of sp³-hybridized carbons (Fsp3) is 0. The van der Waals surface area contributed by atoms with Crippen LogP contribution in [0.2, 0.25) is 0 Å². The van der Waals surface area contributed by atoms with Gasteiger partial charge >= 0.3 is 0 Å². The summed E-state index contributed by atoms with van der Waals surface area (Å²) < 4.78 is 0. The maximum atomic E-state index is 7.75. The summed E-state index contributed by atoms with van der Waals surface area (Å²) in [7, 11) is 0. The fourth-order valence-electron chi connectivity index (χ4n) is 0. The van der Waals surface area contributed by atoms with Crippen molar-refractivity contribution >= 4 is 244 Å². The Morgan fingerprint density at radius 1 is 0.0533 bits per heavy atom. The van der Waals surface area contributed by atoms with Crippen molar-refractivity contribution in [2.45, 2.75) is 0 Å². The third kappa shape index (κ3) is 2450. The van der Waals surface area contributed by atoms with Crippen LogP contribution in [0.1, 0.15) is 0 Å². The first-order valence-electron chi connectivity index (χ1n) is 8.49. The van der Waals surface area contributed by atoms with Gasteiger partial charge in [0.15, 0.2) is 244 Å². The van der Waals surface area contributed by atoms with E-state index in [9.17, 15) is 0 Å². The number of rotatable bonds is 0. The molecule has 0 saturated heterocycles. The zero-order valence-electron chi connectivity index (χ0n) is 36.5. The van der Waals surface area contributed by atoms with E-state index in [1.54, 1.807) is 0 Å². The van der Waals surface area contributed by atoms with Gasteiger partial charge in [-0.2, -0.15) is 0 Å². The second kappa shape index (κ2) is 2530. The van der Waals surface area contributed by atoms with Gasteiger partial charge in [0.25, 0.3) is 0 Å². The van der Waals surface area contributed by atoms with Crippen LogP contribution >= 0.6 is 0 Å². The molecule has 39 heteroatoms. The molecular weight excluding hydrogens is 1310 g/mol. The van der Waals surface area contributed by atoms with Crippen LogP contribution < -0.4 is 0 Å². The number of hydrogen-bond donors (Lipinski definition) is 0. The minimum absolute atomic E-state index is 0. The summed E-state index contributed by atoms with van der Waals surface area (Å²) >= 11 is 0. The second-order valence-corrected chi connectivity index (χ2v) is 0. The second-order valence-electron chi connectivity index (χ2n) is 0. The van der Waals surface area contributed by atoms with Crippen LogP contribution in [0.4, 0.5) is 0 Å². The summed E-state index contributed by atoms with van der Waals surface area (Å²) in [6.07, 6.45) is 0. The fourth-order valence-corrected chi connectivity index (χ4v) is 0. The molecule has 0 amide bonds. The first-order chi connectivity index (χ1) is 36.0. The number of carbonyl (C=O) groups excluding carboxylic acids is 36. The minimum Gasteiger partial charge on any atom is -0.295 e. The Labute approximate surface area is 473 Å². The Morgan fingerprint density at radius 2 is 0.0533 bits per heavy atom. The van der Waals surface area contributed by atoms with Crippen molar-refractivity contribution in [2.24, 2.45) is 0 Å². The third-order valence-corrected chi connectivity index (χ3v) is 0. The van der Waals surface area contributed by atoms with E-state index in [0.29, 0.717) is 0 Å². The van der Waals surface area contributed by atoms with E-state index < -0.39 is 0 Å². The molecule has 0 aliphatic heterocycles. The molecule has 0 unspecified atom stereocenters. The normalized spacial score (nSPS) is 1.92. The van der Waals surface area contributed by atoms with Crippen molar-refractivity contribution in [1.29, 1.82) is 0 Å². The van der Waals surface area contributed by atoms with Crippen molar-refractivity contribution in [3.05, 3.63) is 0 Å². The van der Waals surface area contributed by atoms with E-state index in [2.05, 4.69) is 244 Å². The molecule has 0 spiro atoms. The molecule has 36 radical (unpaired) electrons. The largest absolute Gasteiger partial charge is 0.295 e. The molecule has 75 heavy (non-hydrogen) atoms. The zero-order chi connectivity index (χ0) is 72.0. The van der Waals surface area contributed by atoms with E-state index in [1.165, 1.54) is 0 Å². The van der Waals surface area contributed by atoms with E-state index >= 15 is 0 Å². The van der Waals surface area contributed by atoms with E-state index in [0.717, 1.165) is 0 Å². The van der Waals surface area contributed by atoms with Gasteiger partial charge in [0.1, 0.15) is 0 Å². The molecule has 0 heterocycles. The molecule has 0 atom stereocenters. The molecular formula is C36H36O36Ru3. The first-order valence-corrected chi connectivity index (χ1v) is 8.49. The molecule has 0 fully saturated rings. The Morgan fingerprint density at radius 3 is 0.0533 bits per heavy atom. The first kappa shape index (κ1) is 394. The maximum absolute atomic E-state index is 7.75. The molecule has 0 aromatic carbocycles. The molecule has 0 aliphatic carbocycles. The van der Waals surface area contributed by atoms with Gasteiger partial charge in [-0.15, -0.1) is 0 Å². The molecule has 420 valence electrons. The van der Waals surface area contributed by atoms with E-state index in [1.807, 2.05) is 0 Å². The van der Waals surface area contributed by atoms with Crippen molar-refractivity contribution < 1.29 is 231 Å². The average Bonchev–Trinajstić information content (AvgIpc) is 3.63. The summed E-state index contributed by atoms with van der Waals surface area (Å²) in [5.41, 5.74) is 0. The van der Waals surface area contributed by atoms with Crippen molar-refractivity contribution in [3.8, 4) is 0 Å². The Kier molecular flexibility index (Phi) is 13300. The minimum atomic E-state index is 0. The smallest absolute Gasteiger partial charge is 0.182 e. The Balaban J connectivity index is -0.00000000480. The van der Waals surface area contributed by atoms with Crippen LogP contribution in [-0.2, 0) is 231 Å². The zero-order valence-corrected chi connectivity index (χ0v) is 41.8. The quantitative estimate of drug-likeness (QED) is 0.160. The van der Waals surface area contributed by atoms with Gasteiger partial charge in [-0.25, -0.2) is 0 Å². The van der Waals surface area contributed by atoms with Crippen LogP contribution in [0.3, 0.4) is 0 Å². The Bertz CT molecular complexity index is 276. The summed E-state index contributed by atoms with van der Waals surface area (Å²) in [4.78, 5) is 279. The van der Waals surface area contributed by atoms with Crippen LogP contribution in [0.25, 0.3) is 0 Å². The van der Waals surface area contributed by atoms with E-state index in [4.69, 9.17) is 173 Å². The van der Waals surface area contributed by atoms with E-state index in [-0.39, 0.29) is 58.4 Å². The third-order valence-electron chi connectivity index (χ3n) is 0. The topological polar surface area (TPSA) is 615 Å². The van der Waals surface area contributed by atoms with Gasteiger partial charge in [-0.3, -0.25) is 173 Å². The predicted octanol–water partition coefficient (Wildman–Crippen LogP) is -9.88.